The average Bonchev–Trinajstić information content (AvgIpc) is 2.30. The van der Waals surface area contributed by atoms with Gasteiger partial charge in [0.2, 0.25) is 0 Å². The summed E-state index contributed by atoms with van der Waals surface area (Å²) in [7, 11) is -1.20. The molecule has 0 aliphatic rings. The SMILES string of the molecule is CCCC[P+](CCCC)(CCCC)CC(=O)O. The third-order valence-electron chi connectivity index (χ3n) is 3.43. The van der Waals surface area contributed by atoms with Gasteiger partial charge in [0, 0.05) is 7.26 Å². The second-order valence-electron chi connectivity index (χ2n) is 5.12. The molecule has 102 valence electrons. The summed E-state index contributed by atoms with van der Waals surface area (Å²) < 4.78 is 0. The summed E-state index contributed by atoms with van der Waals surface area (Å²) in [5, 5.41) is 9.17. The lowest BCUT2D eigenvalue weighted by Gasteiger charge is -2.26. The van der Waals surface area contributed by atoms with E-state index in [0.29, 0.717) is 6.16 Å². The van der Waals surface area contributed by atoms with Crippen LogP contribution in [0.3, 0.4) is 0 Å². The first-order valence-electron chi connectivity index (χ1n) is 7.17. The highest BCUT2D eigenvalue weighted by molar-refractivity contribution is 7.76. The van der Waals surface area contributed by atoms with Gasteiger partial charge in [0.05, 0.1) is 18.5 Å². The van der Waals surface area contributed by atoms with Gasteiger partial charge in [-0.1, -0.05) is 40.0 Å². The molecular weight excluding hydrogens is 231 g/mol. The predicted octanol–water partition coefficient (Wildman–Crippen LogP) is 4.49. The number of carboxylic acids is 1. The van der Waals surface area contributed by atoms with Crippen molar-refractivity contribution in [2.45, 2.75) is 59.3 Å². The number of hydrogen-bond donors (Lipinski definition) is 1. The quantitative estimate of drug-likeness (QED) is 0.556. The molecule has 0 aliphatic heterocycles. The summed E-state index contributed by atoms with van der Waals surface area (Å²) in [6.07, 6.45) is 11.3. The van der Waals surface area contributed by atoms with Gasteiger partial charge in [0.15, 0.2) is 6.16 Å². The lowest BCUT2D eigenvalue weighted by Crippen LogP contribution is -2.18. The van der Waals surface area contributed by atoms with Crippen molar-refractivity contribution in [3.05, 3.63) is 0 Å². The van der Waals surface area contributed by atoms with Crippen LogP contribution in [0.5, 0.6) is 0 Å². The number of carbonyl (C=O) groups is 1. The van der Waals surface area contributed by atoms with E-state index in [0.717, 1.165) is 0 Å². The average molecular weight is 261 g/mol. The van der Waals surface area contributed by atoms with E-state index >= 15 is 0 Å². The molecule has 0 amide bonds. The fraction of sp³-hybridized carbons (Fsp3) is 0.929. The highest BCUT2D eigenvalue weighted by atomic mass is 31.2. The van der Waals surface area contributed by atoms with Crippen LogP contribution in [0.15, 0.2) is 0 Å². The van der Waals surface area contributed by atoms with Crippen molar-refractivity contribution in [3.8, 4) is 0 Å². The maximum Gasteiger partial charge on any atom is 0.341 e. The molecule has 0 saturated heterocycles. The van der Waals surface area contributed by atoms with E-state index in [2.05, 4.69) is 20.8 Å². The second kappa shape index (κ2) is 9.88. The molecule has 0 rings (SSSR count). The van der Waals surface area contributed by atoms with Crippen molar-refractivity contribution in [1.29, 1.82) is 0 Å². The molecule has 0 unspecified atom stereocenters. The lowest BCUT2D eigenvalue weighted by molar-refractivity contribution is -0.134. The minimum absolute atomic E-state index is 0.479. The molecule has 0 spiro atoms. The fourth-order valence-electron chi connectivity index (χ4n) is 2.34. The van der Waals surface area contributed by atoms with E-state index in [1.165, 1.54) is 57.0 Å². The van der Waals surface area contributed by atoms with Gasteiger partial charge in [0.25, 0.3) is 0 Å². The Labute approximate surface area is 108 Å². The van der Waals surface area contributed by atoms with Gasteiger partial charge in [-0.3, -0.25) is 0 Å². The molecule has 0 bridgehead atoms. The maximum absolute atomic E-state index is 11.1. The van der Waals surface area contributed by atoms with Crippen molar-refractivity contribution >= 4 is 13.2 Å². The molecule has 17 heavy (non-hydrogen) atoms. The standard InChI is InChI=1S/C14H29O2P/c1-4-7-10-17(11-8-5-2,12-9-6-3)13-14(15)16/h4-13H2,1-3H3/p+1. The number of rotatable bonds is 11. The Kier molecular flexibility index (Phi) is 9.82. The first-order valence-corrected chi connectivity index (χ1v) is 9.70. The van der Waals surface area contributed by atoms with Crippen LogP contribution in [0.2, 0.25) is 0 Å². The van der Waals surface area contributed by atoms with Crippen LogP contribution >= 0.6 is 7.26 Å². The van der Waals surface area contributed by atoms with Crippen LogP contribution in [0.25, 0.3) is 0 Å². The van der Waals surface area contributed by atoms with E-state index in [-0.39, 0.29) is 0 Å². The monoisotopic (exact) mass is 261 g/mol. The molecular formula is C14H30O2P+. The Morgan fingerprint density at radius 3 is 1.47 bits per heavy atom. The minimum atomic E-state index is -1.20. The van der Waals surface area contributed by atoms with Crippen molar-refractivity contribution in [1.82, 2.24) is 0 Å². The van der Waals surface area contributed by atoms with E-state index in [1.807, 2.05) is 0 Å². The normalized spacial score (nSPS) is 11.7. The second-order valence-corrected chi connectivity index (χ2v) is 9.47. The van der Waals surface area contributed by atoms with Crippen molar-refractivity contribution < 1.29 is 9.90 Å². The van der Waals surface area contributed by atoms with Gasteiger partial charge in [-0.15, -0.1) is 0 Å². The smallest absolute Gasteiger partial charge is 0.341 e. The summed E-state index contributed by atoms with van der Waals surface area (Å²) in [5.41, 5.74) is 0. The molecule has 0 radical (unpaired) electrons. The first kappa shape index (κ1) is 16.9. The largest absolute Gasteiger partial charge is 0.479 e. The predicted molar refractivity (Wildman–Crippen MR) is 78.7 cm³/mol. The molecule has 0 aliphatic carbocycles. The molecule has 0 fully saturated rings. The lowest BCUT2D eigenvalue weighted by atomic mass is 10.4. The van der Waals surface area contributed by atoms with E-state index < -0.39 is 13.2 Å². The minimum Gasteiger partial charge on any atom is -0.479 e. The fourth-order valence-corrected chi connectivity index (χ4v) is 7.02. The Bertz CT molecular complexity index is 183. The van der Waals surface area contributed by atoms with Gasteiger partial charge in [-0.05, 0) is 19.3 Å². The first-order chi connectivity index (χ1) is 8.10. The molecule has 2 nitrogen and oxygen atoms in total. The third-order valence-corrected chi connectivity index (χ3v) is 8.16. The van der Waals surface area contributed by atoms with Gasteiger partial charge < -0.3 is 5.11 Å². The summed E-state index contributed by atoms with van der Waals surface area (Å²) >= 11 is 0. The Morgan fingerprint density at radius 2 is 1.24 bits per heavy atom. The Balaban J connectivity index is 4.56. The van der Waals surface area contributed by atoms with Gasteiger partial charge >= 0.3 is 5.97 Å². The van der Waals surface area contributed by atoms with Crippen LogP contribution < -0.4 is 0 Å². The van der Waals surface area contributed by atoms with Gasteiger partial charge in [-0.25, -0.2) is 4.79 Å². The van der Waals surface area contributed by atoms with E-state index in [4.69, 9.17) is 0 Å². The third kappa shape index (κ3) is 7.76. The van der Waals surface area contributed by atoms with Gasteiger partial charge in [-0.2, -0.15) is 0 Å². The highest BCUT2D eigenvalue weighted by Gasteiger charge is 2.37. The van der Waals surface area contributed by atoms with Crippen molar-refractivity contribution in [3.63, 3.8) is 0 Å². The molecule has 0 aromatic rings. The highest BCUT2D eigenvalue weighted by Crippen LogP contribution is 2.60. The van der Waals surface area contributed by atoms with Crippen molar-refractivity contribution in [2.24, 2.45) is 0 Å². The zero-order valence-electron chi connectivity index (χ0n) is 11.9. The van der Waals surface area contributed by atoms with E-state index in [1.54, 1.807) is 0 Å². The molecule has 3 heteroatoms. The molecule has 1 N–H and O–H groups in total. The van der Waals surface area contributed by atoms with Crippen LogP contribution in [0.4, 0.5) is 0 Å². The van der Waals surface area contributed by atoms with Crippen LogP contribution in [0, 0.1) is 0 Å². The number of hydrogen-bond acceptors (Lipinski definition) is 1. The summed E-state index contributed by atoms with van der Waals surface area (Å²) in [4.78, 5) is 11.1. The Morgan fingerprint density at radius 1 is 0.882 bits per heavy atom. The zero-order valence-corrected chi connectivity index (χ0v) is 12.8. The van der Waals surface area contributed by atoms with Crippen LogP contribution in [-0.4, -0.2) is 35.7 Å². The van der Waals surface area contributed by atoms with Crippen LogP contribution in [-0.2, 0) is 4.79 Å². The zero-order chi connectivity index (χ0) is 13.1. The summed E-state index contributed by atoms with van der Waals surface area (Å²) in [6.45, 7) is 6.61. The van der Waals surface area contributed by atoms with Crippen molar-refractivity contribution in [2.75, 3.05) is 24.6 Å². The molecule has 0 aromatic heterocycles. The topological polar surface area (TPSA) is 37.3 Å². The molecule has 0 saturated carbocycles. The Hall–Kier alpha value is -0.100. The summed E-state index contributed by atoms with van der Waals surface area (Å²) in [6, 6.07) is 0. The molecule has 0 heterocycles. The number of carboxylic acid groups (broad SMARTS) is 1. The van der Waals surface area contributed by atoms with Gasteiger partial charge in [0.1, 0.15) is 0 Å². The molecule has 0 aromatic carbocycles. The maximum atomic E-state index is 11.1. The molecule has 0 atom stereocenters. The van der Waals surface area contributed by atoms with E-state index in [9.17, 15) is 9.90 Å². The number of aliphatic carboxylic acids is 1. The summed E-state index contributed by atoms with van der Waals surface area (Å²) in [5.74, 6) is -0.568. The number of unbranched alkanes of at least 4 members (excludes halogenated alkanes) is 3. The van der Waals surface area contributed by atoms with Crippen LogP contribution in [0.1, 0.15) is 59.3 Å².